The van der Waals surface area contributed by atoms with Crippen LogP contribution >= 0.6 is 23.2 Å². The van der Waals surface area contributed by atoms with Crippen LogP contribution < -0.4 is 5.32 Å². The second-order valence-corrected chi connectivity index (χ2v) is 5.63. The summed E-state index contributed by atoms with van der Waals surface area (Å²) in [7, 11) is 0. The maximum Gasteiger partial charge on any atom is 0.0965 e. The molecule has 6 heteroatoms. The summed E-state index contributed by atoms with van der Waals surface area (Å²) in [5.74, 6) is 0. The monoisotopic (exact) mass is 296 g/mol. The van der Waals surface area contributed by atoms with E-state index >= 15 is 0 Å². The second-order valence-electron chi connectivity index (χ2n) is 4.81. The van der Waals surface area contributed by atoms with Gasteiger partial charge in [-0.25, -0.2) is 4.68 Å². The highest BCUT2D eigenvalue weighted by Crippen LogP contribution is 2.23. The second kappa shape index (κ2) is 5.49. The van der Waals surface area contributed by atoms with Crippen LogP contribution in [-0.4, -0.2) is 21.0 Å². The molecule has 1 aromatic carbocycles. The van der Waals surface area contributed by atoms with Crippen LogP contribution in [-0.2, 0) is 13.1 Å². The van der Waals surface area contributed by atoms with Gasteiger partial charge in [-0.3, -0.25) is 0 Å². The van der Waals surface area contributed by atoms with Gasteiger partial charge >= 0.3 is 0 Å². The molecular weight excluding hydrogens is 283 g/mol. The zero-order chi connectivity index (χ0) is 13.2. The Kier molecular flexibility index (Phi) is 3.73. The summed E-state index contributed by atoms with van der Waals surface area (Å²) in [6.07, 6.45) is 4.51. The van der Waals surface area contributed by atoms with Gasteiger partial charge < -0.3 is 5.32 Å². The van der Waals surface area contributed by atoms with Crippen molar-refractivity contribution in [1.29, 1.82) is 0 Å². The molecule has 1 fully saturated rings. The number of rotatable bonds is 5. The number of nitrogens with zero attached hydrogens (tertiary/aromatic N) is 3. The number of benzene rings is 1. The molecule has 1 saturated carbocycles. The van der Waals surface area contributed by atoms with Crippen LogP contribution in [0, 0.1) is 0 Å². The highest BCUT2D eigenvalue weighted by molar-refractivity contribution is 6.42. The maximum atomic E-state index is 5.99. The Morgan fingerprint density at radius 3 is 2.84 bits per heavy atom. The van der Waals surface area contributed by atoms with Crippen LogP contribution in [0.4, 0.5) is 0 Å². The van der Waals surface area contributed by atoms with Crippen molar-refractivity contribution in [3.8, 4) is 0 Å². The van der Waals surface area contributed by atoms with Crippen LogP contribution in [0.15, 0.2) is 24.4 Å². The average molecular weight is 297 g/mol. The summed E-state index contributed by atoms with van der Waals surface area (Å²) >= 11 is 11.9. The predicted octanol–water partition coefficient (Wildman–Crippen LogP) is 2.89. The minimum atomic E-state index is 0.565. The fourth-order valence-corrected chi connectivity index (χ4v) is 2.18. The summed E-state index contributed by atoms with van der Waals surface area (Å²) in [5.41, 5.74) is 2.02. The van der Waals surface area contributed by atoms with Crippen molar-refractivity contribution in [2.24, 2.45) is 0 Å². The topological polar surface area (TPSA) is 42.7 Å². The number of hydrogen-bond donors (Lipinski definition) is 1. The molecular formula is C13H14Cl2N4. The third-order valence-corrected chi connectivity index (χ3v) is 3.80. The first-order chi connectivity index (χ1) is 9.20. The van der Waals surface area contributed by atoms with Crippen molar-refractivity contribution in [3.63, 3.8) is 0 Å². The molecule has 0 amide bonds. The summed E-state index contributed by atoms with van der Waals surface area (Å²) < 4.78 is 1.81. The highest BCUT2D eigenvalue weighted by Gasteiger charge is 2.20. The molecule has 0 spiro atoms. The van der Waals surface area contributed by atoms with Crippen LogP contribution in [0.2, 0.25) is 10.0 Å². The predicted molar refractivity (Wildman–Crippen MR) is 75.4 cm³/mol. The van der Waals surface area contributed by atoms with Gasteiger partial charge in [0.25, 0.3) is 0 Å². The largest absolute Gasteiger partial charge is 0.308 e. The van der Waals surface area contributed by atoms with E-state index in [1.807, 2.05) is 23.0 Å². The van der Waals surface area contributed by atoms with Crippen molar-refractivity contribution in [2.75, 3.05) is 0 Å². The van der Waals surface area contributed by atoms with Crippen LogP contribution in [0.3, 0.4) is 0 Å². The smallest absolute Gasteiger partial charge is 0.0965 e. The number of aromatic nitrogens is 3. The molecule has 1 aliphatic carbocycles. The van der Waals surface area contributed by atoms with Gasteiger partial charge in [-0.2, -0.15) is 0 Å². The standard InChI is InChI=1S/C13H14Cl2N4/c14-12-4-1-9(5-13(12)15)7-19-8-11(17-18-19)6-16-10-2-3-10/h1,4-5,8,10,16H,2-3,6-7H2. The lowest BCUT2D eigenvalue weighted by Gasteiger charge is -2.02. The molecule has 3 rings (SSSR count). The molecule has 1 aromatic heterocycles. The molecule has 1 aliphatic rings. The van der Waals surface area contributed by atoms with E-state index in [0.29, 0.717) is 22.6 Å². The minimum absolute atomic E-state index is 0.565. The Bertz CT molecular complexity index is 578. The van der Waals surface area contributed by atoms with E-state index < -0.39 is 0 Å². The molecule has 1 heterocycles. The van der Waals surface area contributed by atoms with Gasteiger partial charge in [0.2, 0.25) is 0 Å². The highest BCUT2D eigenvalue weighted by atomic mass is 35.5. The Morgan fingerprint density at radius 2 is 2.11 bits per heavy atom. The molecule has 19 heavy (non-hydrogen) atoms. The SMILES string of the molecule is Clc1ccc(Cn2cc(CNC3CC3)nn2)cc1Cl. The molecule has 100 valence electrons. The van der Waals surface area contributed by atoms with Gasteiger partial charge in [-0.1, -0.05) is 34.5 Å². The van der Waals surface area contributed by atoms with E-state index in [4.69, 9.17) is 23.2 Å². The molecule has 0 radical (unpaired) electrons. The lowest BCUT2D eigenvalue weighted by Crippen LogP contribution is -2.15. The number of hydrogen-bond acceptors (Lipinski definition) is 3. The van der Waals surface area contributed by atoms with Crippen LogP contribution in [0.5, 0.6) is 0 Å². The third kappa shape index (κ3) is 3.47. The maximum absolute atomic E-state index is 5.99. The molecule has 0 atom stereocenters. The quantitative estimate of drug-likeness (QED) is 0.922. The first-order valence-electron chi connectivity index (χ1n) is 6.27. The lowest BCUT2D eigenvalue weighted by atomic mass is 10.2. The van der Waals surface area contributed by atoms with Crippen molar-refractivity contribution < 1.29 is 0 Å². The summed E-state index contributed by atoms with van der Waals surface area (Å²) in [4.78, 5) is 0. The van der Waals surface area contributed by atoms with Crippen molar-refractivity contribution in [2.45, 2.75) is 32.0 Å². The Labute approximate surface area is 121 Å². The Hall–Kier alpha value is -1.10. The Morgan fingerprint density at radius 1 is 1.26 bits per heavy atom. The van der Waals surface area contributed by atoms with Gasteiger partial charge in [0.15, 0.2) is 0 Å². The Balaban J connectivity index is 1.63. The fourth-order valence-electron chi connectivity index (χ4n) is 1.86. The molecule has 2 aromatic rings. The van der Waals surface area contributed by atoms with E-state index in [2.05, 4.69) is 15.6 Å². The molecule has 0 unspecified atom stereocenters. The van der Waals surface area contributed by atoms with Gasteiger partial charge in [0.05, 0.1) is 28.5 Å². The van der Waals surface area contributed by atoms with Gasteiger partial charge in [0, 0.05) is 12.6 Å². The molecule has 0 aliphatic heterocycles. The van der Waals surface area contributed by atoms with E-state index in [1.54, 1.807) is 6.07 Å². The van der Waals surface area contributed by atoms with Crippen LogP contribution in [0.1, 0.15) is 24.1 Å². The molecule has 1 N–H and O–H groups in total. The molecule has 0 bridgehead atoms. The number of halogens is 2. The summed E-state index contributed by atoms with van der Waals surface area (Å²) in [5, 5.41) is 12.8. The van der Waals surface area contributed by atoms with Gasteiger partial charge in [-0.15, -0.1) is 5.10 Å². The van der Waals surface area contributed by atoms with Crippen LogP contribution in [0.25, 0.3) is 0 Å². The van der Waals surface area contributed by atoms with E-state index in [9.17, 15) is 0 Å². The molecule has 4 nitrogen and oxygen atoms in total. The first kappa shape index (κ1) is 12.9. The summed E-state index contributed by atoms with van der Waals surface area (Å²) in [6, 6.07) is 6.28. The van der Waals surface area contributed by atoms with E-state index in [0.717, 1.165) is 17.8 Å². The van der Waals surface area contributed by atoms with E-state index in [1.165, 1.54) is 12.8 Å². The third-order valence-electron chi connectivity index (χ3n) is 3.06. The average Bonchev–Trinajstić information content (AvgIpc) is 3.12. The zero-order valence-corrected chi connectivity index (χ0v) is 11.8. The minimum Gasteiger partial charge on any atom is -0.308 e. The van der Waals surface area contributed by atoms with Crippen molar-refractivity contribution >= 4 is 23.2 Å². The zero-order valence-electron chi connectivity index (χ0n) is 10.3. The molecule has 0 saturated heterocycles. The van der Waals surface area contributed by atoms with Gasteiger partial charge in [-0.05, 0) is 30.5 Å². The van der Waals surface area contributed by atoms with Crippen molar-refractivity contribution in [3.05, 3.63) is 45.7 Å². The van der Waals surface area contributed by atoms with E-state index in [-0.39, 0.29) is 0 Å². The first-order valence-corrected chi connectivity index (χ1v) is 7.02. The normalized spacial score (nSPS) is 14.8. The fraction of sp³-hybridized carbons (Fsp3) is 0.385. The lowest BCUT2D eigenvalue weighted by molar-refractivity contribution is 0.646. The van der Waals surface area contributed by atoms with Crippen molar-refractivity contribution in [1.82, 2.24) is 20.3 Å². The summed E-state index contributed by atoms with van der Waals surface area (Å²) in [6.45, 7) is 1.43. The van der Waals surface area contributed by atoms with Gasteiger partial charge in [0.1, 0.15) is 0 Å². The number of nitrogens with one attached hydrogen (secondary N) is 1.